The van der Waals surface area contributed by atoms with Crippen LogP contribution >= 0.6 is 0 Å². The number of ether oxygens (including phenoxy) is 2. The van der Waals surface area contributed by atoms with Crippen LogP contribution in [-0.2, 0) is 22.0 Å². The van der Waals surface area contributed by atoms with Gasteiger partial charge in [0.25, 0.3) is 5.91 Å². The zero-order valence-electron chi connectivity index (χ0n) is 22.0. The van der Waals surface area contributed by atoms with Crippen molar-refractivity contribution >= 4 is 11.6 Å². The smallest absolute Gasteiger partial charge is 0.262 e. The Labute approximate surface area is 210 Å². The molecule has 0 aliphatic carbocycles. The first-order valence-electron chi connectivity index (χ1n) is 12.4. The van der Waals surface area contributed by atoms with Gasteiger partial charge in [-0.05, 0) is 58.6 Å². The zero-order chi connectivity index (χ0) is 25.5. The fourth-order valence-electron chi connectivity index (χ4n) is 3.84. The minimum atomic E-state index is -0.218. The lowest BCUT2D eigenvalue weighted by Gasteiger charge is -2.27. The summed E-state index contributed by atoms with van der Waals surface area (Å²) in [6, 6.07) is 24.1. The van der Waals surface area contributed by atoms with E-state index in [1.807, 2.05) is 48.5 Å². The molecule has 3 rings (SSSR count). The molecule has 3 aromatic rings. The summed E-state index contributed by atoms with van der Waals surface area (Å²) in [6.45, 7) is 13.6. The van der Waals surface area contributed by atoms with Crippen LogP contribution in [0.15, 0.2) is 72.8 Å². The van der Waals surface area contributed by atoms with Crippen LogP contribution < -0.4 is 14.8 Å². The number of para-hydroxylation sites is 2. The molecule has 0 aliphatic heterocycles. The van der Waals surface area contributed by atoms with Gasteiger partial charge in [-0.15, -0.1) is 0 Å². The minimum Gasteiger partial charge on any atom is -0.491 e. The summed E-state index contributed by atoms with van der Waals surface area (Å²) in [5, 5.41) is 2.94. The highest BCUT2D eigenvalue weighted by Gasteiger charge is 2.23. The van der Waals surface area contributed by atoms with E-state index in [-0.39, 0.29) is 23.3 Å². The van der Waals surface area contributed by atoms with Gasteiger partial charge in [0.2, 0.25) is 0 Å². The Morgan fingerprint density at radius 1 is 0.771 bits per heavy atom. The number of anilines is 1. The third-order valence-electron chi connectivity index (χ3n) is 5.88. The molecule has 0 fully saturated rings. The molecule has 0 unspecified atom stereocenters. The maximum atomic E-state index is 12.7. The molecule has 186 valence electrons. The van der Waals surface area contributed by atoms with E-state index in [4.69, 9.17) is 9.47 Å². The van der Waals surface area contributed by atoms with Crippen molar-refractivity contribution in [3.8, 4) is 11.5 Å². The largest absolute Gasteiger partial charge is 0.491 e. The molecule has 35 heavy (non-hydrogen) atoms. The predicted octanol–water partition coefficient (Wildman–Crippen LogP) is 7.31. The van der Waals surface area contributed by atoms with Crippen molar-refractivity contribution in [1.82, 2.24) is 0 Å². The maximum absolute atomic E-state index is 12.7. The van der Waals surface area contributed by atoms with Crippen LogP contribution in [0.2, 0.25) is 0 Å². The van der Waals surface area contributed by atoms with E-state index in [2.05, 4.69) is 71.1 Å². The quantitative estimate of drug-likeness (QED) is 0.331. The third-order valence-corrected chi connectivity index (χ3v) is 5.88. The molecule has 0 heterocycles. The number of hydrogen-bond acceptors (Lipinski definition) is 3. The van der Waals surface area contributed by atoms with Crippen LogP contribution in [-0.4, -0.2) is 19.1 Å². The van der Waals surface area contributed by atoms with Crippen molar-refractivity contribution in [2.45, 2.75) is 65.2 Å². The van der Waals surface area contributed by atoms with E-state index in [1.165, 1.54) is 11.1 Å². The minimum absolute atomic E-state index is 0.0424. The second kappa shape index (κ2) is 11.4. The summed E-state index contributed by atoms with van der Waals surface area (Å²) >= 11 is 0. The average molecular weight is 474 g/mol. The number of aryl methyl sites for hydroxylation is 1. The first kappa shape index (κ1) is 26.3. The topological polar surface area (TPSA) is 47.6 Å². The molecule has 0 saturated heterocycles. The van der Waals surface area contributed by atoms with Gasteiger partial charge in [0, 0.05) is 0 Å². The Hall–Kier alpha value is -3.27. The molecule has 3 aromatic carbocycles. The Balaban J connectivity index is 1.59. The number of hydrogen-bond donors (Lipinski definition) is 1. The van der Waals surface area contributed by atoms with Gasteiger partial charge >= 0.3 is 0 Å². The maximum Gasteiger partial charge on any atom is 0.262 e. The number of amides is 1. The second-order valence-corrected chi connectivity index (χ2v) is 11.0. The molecule has 4 heteroatoms. The summed E-state index contributed by atoms with van der Waals surface area (Å²) in [6.07, 6.45) is 1.85. The molecule has 0 saturated carbocycles. The Morgan fingerprint density at radius 2 is 1.46 bits per heavy atom. The zero-order valence-corrected chi connectivity index (χ0v) is 22.0. The molecule has 4 nitrogen and oxygen atoms in total. The normalized spacial score (nSPS) is 11.7. The lowest BCUT2D eigenvalue weighted by atomic mass is 9.80. The van der Waals surface area contributed by atoms with Crippen molar-refractivity contribution in [2.24, 2.45) is 0 Å². The predicted molar refractivity (Wildman–Crippen MR) is 145 cm³/mol. The second-order valence-electron chi connectivity index (χ2n) is 11.0. The van der Waals surface area contributed by atoms with E-state index in [0.29, 0.717) is 18.0 Å². The van der Waals surface area contributed by atoms with Crippen LogP contribution in [0.5, 0.6) is 11.5 Å². The van der Waals surface area contributed by atoms with Gasteiger partial charge in [-0.2, -0.15) is 0 Å². The molecule has 1 N–H and O–H groups in total. The SMILES string of the molecule is CC(C)(C)c1ccc(OCC(=O)Nc2ccccc2OCCCc2ccccc2)c(C(C)(C)C)c1. The molecular weight excluding hydrogens is 434 g/mol. The van der Waals surface area contributed by atoms with Crippen molar-refractivity contribution < 1.29 is 14.3 Å². The van der Waals surface area contributed by atoms with Gasteiger partial charge in [0.15, 0.2) is 6.61 Å². The first-order valence-corrected chi connectivity index (χ1v) is 12.4. The lowest BCUT2D eigenvalue weighted by Crippen LogP contribution is -2.23. The van der Waals surface area contributed by atoms with Gasteiger partial charge in [-0.3, -0.25) is 4.79 Å². The Kier molecular flexibility index (Phi) is 8.61. The monoisotopic (exact) mass is 473 g/mol. The highest BCUT2D eigenvalue weighted by atomic mass is 16.5. The molecule has 0 atom stereocenters. The van der Waals surface area contributed by atoms with E-state index in [1.54, 1.807) is 0 Å². The van der Waals surface area contributed by atoms with Crippen molar-refractivity contribution in [1.29, 1.82) is 0 Å². The van der Waals surface area contributed by atoms with E-state index >= 15 is 0 Å². The standard InChI is InChI=1S/C31H39NO3/c1-30(2,3)24-18-19-27(25(21-24)31(4,5)6)35-22-29(33)32-26-16-10-11-17-28(26)34-20-12-15-23-13-8-7-9-14-23/h7-11,13-14,16-19,21H,12,15,20,22H2,1-6H3,(H,32,33). The number of carbonyl (C=O) groups is 1. The Morgan fingerprint density at radius 3 is 2.14 bits per heavy atom. The number of nitrogens with one attached hydrogen (secondary N) is 1. The number of rotatable bonds is 9. The lowest BCUT2D eigenvalue weighted by molar-refractivity contribution is -0.118. The van der Waals surface area contributed by atoms with Crippen LogP contribution in [0.3, 0.4) is 0 Å². The molecule has 0 bridgehead atoms. The van der Waals surface area contributed by atoms with Crippen molar-refractivity contribution in [3.63, 3.8) is 0 Å². The first-order chi connectivity index (χ1) is 16.5. The van der Waals surface area contributed by atoms with Crippen LogP contribution in [0.1, 0.15) is 64.7 Å². The third kappa shape index (κ3) is 7.88. The summed E-state index contributed by atoms with van der Waals surface area (Å²) < 4.78 is 12.0. The molecule has 0 aliphatic rings. The number of benzene rings is 3. The molecule has 0 aromatic heterocycles. The van der Waals surface area contributed by atoms with Crippen molar-refractivity contribution in [2.75, 3.05) is 18.5 Å². The fraction of sp³-hybridized carbons (Fsp3) is 0.387. The highest BCUT2D eigenvalue weighted by molar-refractivity contribution is 5.93. The highest BCUT2D eigenvalue weighted by Crippen LogP contribution is 2.35. The fourth-order valence-corrected chi connectivity index (χ4v) is 3.84. The van der Waals surface area contributed by atoms with Gasteiger partial charge in [0.05, 0.1) is 12.3 Å². The molecular formula is C31H39NO3. The van der Waals surface area contributed by atoms with E-state index in [0.717, 1.165) is 24.2 Å². The van der Waals surface area contributed by atoms with Gasteiger partial charge in [-0.25, -0.2) is 0 Å². The van der Waals surface area contributed by atoms with Crippen molar-refractivity contribution in [3.05, 3.63) is 89.5 Å². The van der Waals surface area contributed by atoms with Gasteiger partial charge < -0.3 is 14.8 Å². The summed E-state index contributed by atoms with van der Waals surface area (Å²) in [7, 11) is 0. The Bertz CT molecular complexity index is 1110. The summed E-state index contributed by atoms with van der Waals surface area (Å²) in [5.41, 5.74) is 4.23. The van der Waals surface area contributed by atoms with Crippen LogP contribution in [0, 0.1) is 0 Å². The van der Waals surface area contributed by atoms with Crippen LogP contribution in [0.4, 0.5) is 5.69 Å². The molecule has 0 spiro atoms. The molecule has 0 radical (unpaired) electrons. The van der Waals surface area contributed by atoms with Gasteiger partial charge in [-0.1, -0.05) is 96.1 Å². The summed E-state index contributed by atoms with van der Waals surface area (Å²) in [4.78, 5) is 12.7. The van der Waals surface area contributed by atoms with E-state index < -0.39 is 0 Å². The number of carbonyl (C=O) groups excluding carboxylic acids is 1. The average Bonchev–Trinajstić information content (AvgIpc) is 2.81. The van der Waals surface area contributed by atoms with Crippen LogP contribution in [0.25, 0.3) is 0 Å². The molecule has 1 amide bonds. The van der Waals surface area contributed by atoms with Gasteiger partial charge in [0.1, 0.15) is 11.5 Å². The van der Waals surface area contributed by atoms with E-state index in [9.17, 15) is 4.79 Å². The summed E-state index contributed by atoms with van der Waals surface area (Å²) in [5.74, 6) is 1.19.